The standard InChI is InChI=1S/C13H21N3O2S/c1-10(2)11-9-19-13(14-11)16-7-5-15(6-8-16)4-3-12(17)18/h9-10H,3-8H2,1-2H3,(H,17,18). The van der Waals surface area contributed by atoms with Crippen molar-refractivity contribution in [3.63, 3.8) is 0 Å². The summed E-state index contributed by atoms with van der Waals surface area (Å²) in [5, 5.41) is 11.9. The van der Waals surface area contributed by atoms with E-state index in [1.807, 2.05) is 0 Å². The van der Waals surface area contributed by atoms with Crippen molar-refractivity contribution in [1.82, 2.24) is 9.88 Å². The number of hydrogen-bond donors (Lipinski definition) is 1. The minimum atomic E-state index is -0.719. The Labute approximate surface area is 117 Å². The second-order valence-corrected chi connectivity index (χ2v) is 6.02. The number of anilines is 1. The summed E-state index contributed by atoms with van der Waals surface area (Å²) in [5.41, 5.74) is 1.16. The van der Waals surface area contributed by atoms with Crippen molar-refractivity contribution in [3.8, 4) is 0 Å². The summed E-state index contributed by atoms with van der Waals surface area (Å²) in [6.07, 6.45) is 0.231. The molecule has 1 aromatic heterocycles. The third-order valence-electron chi connectivity index (χ3n) is 3.39. The highest BCUT2D eigenvalue weighted by atomic mass is 32.1. The molecule has 2 rings (SSSR count). The number of carboxylic acids is 1. The largest absolute Gasteiger partial charge is 0.481 e. The number of nitrogens with zero attached hydrogens (tertiary/aromatic N) is 3. The van der Waals surface area contributed by atoms with Crippen LogP contribution in [0.3, 0.4) is 0 Å². The second-order valence-electron chi connectivity index (χ2n) is 5.18. The van der Waals surface area contributed by atoms with Gasteiger partial charge in [0, 0.05) is 38.1 Å². The van der Waals surface area contributed by atoms with Crippen LogP contribution in [0.4, 0.5) is 5.13 Å². The zero-order chi connectivity index (χ0) is 13.8. The maximum absolute atomic E-state index is 10.5. The molecular formula is C13H21N3O2S. The molecule has 0 saturated carbocycles. The van der Waals surface area contributed by atoms with Crippen LogP contribution in [0.25, 0.3) is 0 Å². The van der Waals surface area contributed by atoms with E-state index in [-0.39, 0.29) is 6.42 Å². The Morgan fingerprint density at radius 2 is 2.11 bits per heavy atom. The number of carboxylic acid groups (broad SMARTS) is 1. The first-order valence-corrected chi connectivity index (χ1v) is 7.58. The zero-order valence-corrected chi connectivity index (χ0v) is 12.3. The Kier molecular flexibility index (Phi) is 4.76. The molecule has 0 aromatic carbocycles. The summed E-state index contributed by atoms with van der Waals surface area (Å²) >= 11 is 1.71. The van der Waals surface area contributed by atoms with Gasteiger partial charge >= 0.3 is 5.97 Å². The van der Waals surface area contributed by atoms with E-state index in [1.165, 1.54) is 0 Å². The lowest BCUT2D eigenvalue weighted by Crippen LogP contribution is -2.46. The van der Waals surface area contributed by atoms with E-state index >= 15 is 0 Å². The summed E-state index contributed by atoms with van der Waals surface area (Å²) in [4.78, 5) is 19.7. The van der Waals surface area contributed by atoms with Crippen LogP contribution in [0.2, 0.25) is 0 Å². The van der Waals surface area contributed by atoms with E-state index in [9.17, 15) is 4.79 Å². The monoisotopic (exact) mass is 283 g/mol. The normalized spacial score (nSPS) is 17.1. The maximum atomic E-state index is 10.5. The predicted molar refractivity (Wildman–Crippen MR) is 77.1 cm³/mol. The maximum Gasteiger partial charge on any atom is 0.304 e. The van der Waals surface area contributed by atoms with E-state index in [0.717, 1.165) is 37.0 Å². The van der Waals surface area contributed by atoms with Gasteiger partial charge in [-0.1, -0.05) is 13.8 Å². The van der Waals surface area contributed by atoms with Crippen molar-refractivity contribution >= 4 is 22.4 Å². The van der Waals surface area contributed by atoms with Crippen LogP contribution in [-0.2, 0) is 4.79 Å². The summed E-state index contributed by atoms with van der Waals surface area (Å²) in [5.74, 6) is -0.245. The lowest BCUT2D eigenvalue weighted by molar-refractivity contribution is -0.137. The Morgan fingerprint density at radius 3 is 2.63 bits per heavy atom. The van der Waals surface area contributed by atoms with Gasteiger partial charge in [0.15, 0.2) is 5.13 Å². The molecule has 1 saturated heterocycles. The average molecular weight is 283 g/mol. The molecule has 1 aliphatic heterocycles. The second kappa shape index (κ2) is 6.34. The van der Waals surface area contributed by atoms with Gasteiger partial charge in [0.2, 0.25) is 0 Å². The predicted octanol–water partition coefficient (Wildman–Crippen LogP) is 1.86. The quantitative estimate of drug-likeness (QED) is 0.894. The Balaban J connectivity index is 1.83. The third kappa shape index (κ3) is 3.91. The van der Waals surface area contributed by atoms with Gasteiger partial charge in [-0.25, -0.2) is 4.98 Å². The molecular weight excluding hydrogens is 262 g/mol. The molecule has 0 amide bonds. The highest BCUT2D eigenvalue weighted by molar-refractivity contribution is 7.13. The fraction of sp³-hybridized carbons (Fsp3) is 0.692. The molecule has 0 unspecified atom stereocenters. The molecule has 2 heterocycles. The fourth-order valence-electron chi connectivity index (χ4n) is 2.10. The summed E-state index contributed by atoms with van der Waals surface area (Å²) in [6.45, 7) is 8.67. The first kappa shape index (κ1) is 14.3. The van der Waals surface area contributed by atoms with Crippen molar-refractivity contribution in [1.29, 1.82) is 0 Å². The highest BCUT2D eigenvalue weighted by Gasteiger charge is 2.20. The van der Waals surface area contributed by atoms with Crippen LogP contribution in [0.5, 0.6) is 0 Å². The molecule has 106 valence electrons. The van der Waals surface area contributed by atoms with Crippen LogP contribution in [0.1, 0.15) is 31.9 Å². The molecule has 0 atom stereocenters. The Bertz CT molecular complexity index is 425. The van der Waals surface area contributed by atoms with E-state index in [2.05, 4.69) is 34.0 Å². The van der Waals surface area contributed by atoms with Crippen LogP contribution in [0, 0.1) is 0 Å². The first-order chi connectivity index (χ1) is 9.06. The van der Waals surface area contributed by atoms with Crippen LogP contribution in [0.15, 0.2) is 5.38 Å². The van der Waals surface area contributed by atoms with Crippen molar-refractivity contribution < 1.29 is 9.90 Å². The number of piperazine rings is 1. The number of aliphatic carboxylic acids is 1. The number of carbonyl (C=O) groups is 1. The Hall–Kier alpha value is -1.14. The molecule has 1 aliphatic rings. The highest BCUT2D eigenvalue weighted by Crippen LogP contribution is 2.25. The number of hydrogen-bond acceptors (Lipinski definition) is 5. The van der Waals surface area contributed by atoms with Crippen molar-refractivity contribution in [3.05, 3.63) is 11.1 Å². The van der Waals surface area contributed by atoms with E-state index in [4.69, 9.17) is 5.11 Å². The van der Waals surface area contributed by atoms with Crippen molar-refractivity contribution in [2.75, 3.05) is 37.6 Å². The number of rotatable bonds is 5. The van der Waals surface area contributed by atoms with Crippen LogP contribution in [-0.4, -0.2) is 53.7 Å². The summed E-state index contributed by atoms with van der Waals surface area (Å²) in [7, 11) is 0. The van der Waals surface area contributed by atoms with Crippen molar-refractivity contribution in [2.24, 2.45) is 0 Å². The van der Waals surface area contributed by atoms with E-state index in [1.54, 1.807) is 11.3 Å². The summed E-state index contributed by atoms with van der Waals surface area (Å²) in [6, 6.07) is 0. The number of aromatic nitrogens is 1. The average Bonchev–Trinajstić information content (AvgIpc) is 2.86. The van der Waals surface area contributed by atoms with Gasteiger partial charge in [0.05, 0.1) is 12.1 Å². The summed E-state index contributed by atoms with van der Waals surface area (Å²) < 4.78 is 0. The van der Waals surface area contributed by atoms with Gasteiger partial charge in [0.25, 0.3) is 0 Å². The van der Waals surface area contributed by atoms with Gasteiger partial charge < -0.3 is 10.0 Å². The lowest BCUT2D eigenvalue weighted by Gasteiger charge is -2.34. The van der Waals surface area contributed by atoms with Gasteiger partial charge in [-0.3, -0.25) is 9.69 Å². The smallest absolute Gasteiger partial charge is 0.304 e. The molecule has 1 fully saturated rings. The van der Waals surface area contributed by atoms with Gasteiger partial charge in [-0.2, -0.15) is 0 Å². The molecule has 0 bridgehead atoms. The molecule has 6 heteroatoms. The fourth-order valence-corrected chi connectivity index (χ4v) is 3.14. The van der Waals surface area contributed by atoms with E-state index < -0.39 is 5.97 Å². The molecule has 0 spiro atoms. The molecule has 0 radical (unpaired) electrons. The molecule has 19 heavy (non-hydrogen) atoms. The zero-order valence-electron chi connectivity index (χ0n) is 11.5. The van der Waals surface area contributed by atoms with Gasteiger partial charge in [-0.05, 0) is 5.92 Å². The SMILES string of the molecule is CC(C)c1csc(N2CCN(CCC(=O)O)CC2)n1. The lowest BCUT2D eigenvalue weighted by atomic mass is 10.2. The number of thiazole rings is 1. The topological polar surface area (TPSA) is 56.7 Å². The van der Waals surface area contributed by atoms with Gasteiger partial charge in [0.1, 0.15) is 0 Å². The minimum Gasteiger partial charge on any atom is -0.481 e. The first-order valence-electron chi connectivity index (χ1n) is 6.71. The molecule has 1 aromatic rings. The van der Waals surface area contributed by atoms with Crippen molar-refractivity contribution in [2.45, 2.75) is 26.2 Å². The third-order valence-corrected chi connectivity index (χ3v) is 4.31. The molecule has 5 nitrogen and oxygen atoms in total. The van der Waals surface area contributed by atoms with Crippen LogP contribution < -0.4 is 4.90 Å². The molecule has 0 aliphatic carbocycles. The van der Waals surface area contributed by atoms with Gasteiger partial charge in [-0.15, -0.1) is 11.3 Å². The Morgan fingerprint density at radius 1 is 1.42 bits per heavy atom. The van der Waals surface area contributed by atoms with E-state index in [0.29, 0.717) is 12.5 Å². The van der Waals surface area contributed by atoms with Crippen LogP contribution >= 0.6 is 11.3 Å². The minimum absolute atomic E-state index is 0.231. The molecule has 1 N–H and O–H groups in total.